The number of likely N-dealkylation sites (tertiary alicyclic amines) is 1. The van der Waals surface area contributed by atoms with Crippen molar-refractivity contribution < 1.29 is 0 Å². The lowest BCUT2D eigenvalue weighted by Crippen LogP contribution is -2.46. The molecule has 0 bridgehead atoms. The van der Waals surface area contributed by atoms with Crippen LogP contribution in [0.15, 0.2) is 31.0 Å². The number of aryl methyl sites for hydroxylation is 1. The van der Waals surface area contributed by atoms with Crippen molar-refractivity contribution in [2.24, 2.45) is 12.5 Å². The Bertz CT molecular complexity index is 631. The van der Waals surface area contributed by atoms with Crippen LogP contribution in [0.5, 0.6) is 0 Å². The summed E-state index contributed by atoms with van der Waals surface area (Å²) in [6.07, 6.45) is 11.1. The Morgan fingerprint density at radius 1 is 1.32 bits per heavy atom. The van der Waals surface area contributed by atoms with E-state index in [1.807, 2.05) is 18.5 Å². The van der Waals surface area contributed by atoms with Crippen molar-refractivity contribution in [2.45, 2.75) is 31.8 Å². The number of hydrogen-bond acceptors (Lipinski definition) is 5. The summed E-state index contributed by atoms with van der Waals surface area (Å²) in [6, 6.07) is 2.50. The van der Waals surface area contributed by atoms with Gasteiger partial charge in [0.05, 0.1) is 6.54 Å². The number of anilines is 1. The summed E-state index contributed by atoms with van der Waals surface area (Å²) < 4.78 is 2.12. The Kier molecular flexibility index (Phi) is 3.33. The maximum atomic E-state index is 4.44. The largest absolute Gasteiger partial charge is 0.367 e. The number of hydrogen-bond donors (Lipinski definition) is 1. The Morgan fingerprint density at radius 2 is 2.23 bits per heavy atom. The SMILES string of the molecule is Cn1ccnc1CN1CCC2(CC(Nc3ccncn3)C2)C1. The van der Waals surface area contributed by atoms with Gasteiger partial charge in [-0.15, -0.1) is 0 Å². The second-order valence-corrected chi connectivity index (χ2v) is 6.76. The Labute approximate surface area is 130 Å². The zero-order valence-corrected chi connectivity index (χ0v) is 12.9. The van der Waals surface area contributed by atoms with Gasteiger partial charge in [-0.3, -0.25) is 4.90 Å². The predicted molar refractivity (Wildman–Crippen MR) is 84.2 cm³/mol. The van der Waals surface area contributed by atoms with E-state index in [4.69, 9.17) is 0 Å². The van der Waals surface area contributed by atoms with Gasteiger partial charge >= 0.3 is 0 Å². The minimum atomic E-state index is 0.510. The first-order valence-corrected chi connectivity index (χ1v) is 7.94. The molecule has 2 fully saturated rings. The third-order valence-electron chi connectivity index (χ3n) is 5.10. The van der Waals surface area contributed by atoms with E-state index in [9.17, 15) is 0 Å². The third kappa shape index (κ3) is 2.59. The van der Waals surface area contributed by atoms with Crippen molar-refractivity contribution in [3.05, 3.63) is 36.8 Å². The van der Waals surface area contributed by atoms with Gasteiger partial charge in [-0.2, -0.15) is 0 Å². The van der Waals surface area contributed by atoms with E-state index in [1.165, 1.54) is 32.4 Å². The molecule has 0 amide bonds. The molecule has 116 valence electrons. The Balaban J connectivity index is 1.30. The van der Waals surface area contributed by atoms with Crippen molar-refractivity contribution in [2.75, 3.05) is 18.4 Å². The molecule has 3 heterocycles. The summed E-state index contributed by atoms with van der Waals surface area (Å²) in [6.45, 7) is 3.35. The molecular weight excluding hydrogens is 276 g/mol. The fraction of sp³-hybridized carbons (Fsp3) is 0.562. The van der Waals surface area contributed by atoms with Crippen molar-refractivity contribution in [3.8, 4) is 0 Å². The van der Waals surface area contributed by atoms with Crippen LogP contribution >= 0.6 is 0 Å². The predicted octanol–water partition coefficient (Wildman–Crippen LogP) is 1.68. The van der Waals surface area contributed by atoms with Crippen LogP contribution in [0.4, 0.5) is 5.82 Å². The number of rotatable bonds is 4. The van der Waals surface area contributed by atoms with Gasteiger partial charge in [-0.25, -0.2) is 15.0 Å². The second-order valence-electron chi connectivity index (χ2n) is 6.76. The standard InChI is InChI=1S/C16H22N6/c1-21-7-5-18-15(21)10-22-6-3-16(11-22)8-13(9-16)20-14-2-4-17-12-19-14/h2,4-5,7,12-13H,3,6,8-11H2,1H3,(H,17,19,20). The number of imidazole rings is 1. The first kappa shape index (κ1) is 13.7. The molecule has 1 saturated heterocycles. The fourth-order valence-electron chi connectivity index (χ4n) is 3.92. The molecule has 2 aromatic rings. The average molecular weight is 298 g/mol. The van der Waals surface area contributed by atoms with Gasteiger partial charge < -0.3 is 9.88 Å². The minimum Gasteiger partial charge on any atom is -0.367 e. The molecule has 1 spiro atoms. The molecule has 1 N–H and O–H groups in total. The zero-order chi connectivity index (χ0) is 15.0. The van der Waals surface area contributed by atoms with Gasteiger partial charge in [0.1, 0.15) is 18.0 Å². The normalized spacial score (nSPS) is 28.0. The molecule has 2 aromatic heterocycles. The maximum Gasteiger partial charge on any atom is 0.129 e. The lowest BCUT2D eigenvalue weighted by molar-refractivity contribution is 0.119. The average Bonchev–Trinajstić information content (AvgIpc) is 3.08. The van der Waals surface area contributed by atoms with Crippen LogP contribution in [-0.2, 0) is 13.6 Å². The van der Waals surface area contributed by atoms with Gasteiger partial charge in [0.25, 0.3) is 0 Å². The van der Waals surface area contributed by atoms with E-state index >= 15 is 0 Å². The van der Waals surface area contributed by atoms with E-state index in [2.05, 4.69) is 36.8 Å². The summed E-state index contributed by atoms with van der Waals surface area (Å²) >= 11 is 0. The molecule has 6 heteroatoms. The molecule has 0 aromatic carbocycles. The zero-order valence-electron chi connectivity index (χ0n) is 12.9. The molecule has 1 aliphatic carbocycles. The number of aromatic nitrogens is 4. The van der Waals surface area contributed by atoms with Gasteiger partial charge in [-0.1, -0.05) is 0 Å². The van der Waals surface area contributed by atoms with Crippen LogP contribution in [0.2, 0.25) is 0 Å². The topological polar surface area (TPSA) is 58.9 Å². The molecule has 0 radical (unpaired) electrons. The molecular formula is C16H22N6. The fourth-order valence-corrected chi connectivity index (χ4v) is 3.92. The van der Waals surface area contributed by atoms with Crippen molar-refractivity contribution >= 4 is 5.82 Å². The van der Waals surface area contributed by atoms with Crippen LogP contribution in [0, 0.1) is 5.41 Å². The quantitative estimate of drug-likeness (QED) is 0.930. The molecule has 6 nitrogen and oxygen atoms in total. The van der Waals surface area contributed by atoms with E-state index in [0.29, 0.717) is 11.5 Å². The minimum absolute atomic E-state index is 0.510. The highest BCUT2D eigenvalue weighted by Gasteiger charge is 2.48. The molecule has 0 atom stereocenters. The summed E-state index contributed by atoms with van der Waals surface area (Å²) in [7, 11) is 2.07. The molecule has 22 heavy (non-hydrogen) atoms. The van der Waals surface area contributed by atoms with Crippen LogP contribution in [-0.4, -0.2) is 43.6 Å². The smallest absolute Gasteiger partial charge is 0.129 e. The monoisotopic (exact) mass is 298 g/mol. The lowest BCUT2D eigenvalue weighted by atomic mass is 9.65. The van der Waals surface area contributed by atoms with Gasteiger partial charge in [0, 0.05) is 38.2 Å². The Morgan fingerprint density at radius 3 is 2.95 bits per heavy atom. The van der Waals surface area contributed by atoms with E-state index in [0.717, 1.165) is 18.2 Å². The highest BCUT2D eigenvalue weighted by Crippen LogP contribution is 2.49. The van der Waals surface area contributed by atoms with E-state index in [1.54, 1.807) is 12.5 Å². The Hall–Kier alpha value is -1.95. The number of nitrogens with one attached hydrogen (secondary N) is 1. The summed E-state index contributed by atoms with van der Waals surface area (Å²) in [5.74, 6) is 2.10. The first-order valence-electron chi connectivity index (χ1n) is 7.94. The third-order valence-corrected chi connectivity index (χ3v) is 5.10. The summed E-state index contributed by atoms with van der Waals surface area (Å²) in [5, 5.41) is 3.51. The summed E-state index contributed by atoms with van der Waals surface area (Å²) in [5.41, 5.74) is 0.510. The molecule has 1 saturated carbocycles. The maximum absolute atomic E-state index is 4.44. The van der Waals surface area contributed by atoms with E-state index in [-0.39, 0.29) is 0 Å². The molecule has 0 unspecified atom stereocenters. The number of nitrogens with zero attached hydrogens (tertiary/aromatic N) is 5. The lowest BCUT2D eigenvalue weighted by Gasteiger charge is -2.45. The molecule has 1 aliphatic heterocycles. The second kappa shape index (κ2) is 5.35. The van der Waals surface area contributed by atoms with Crippen LogP contribution in [0.1, 0.15) is 25.1 Å². The van der Waals surface area contributed by atoms with Gasteiger partial charge in [-0.05, 0) is 37.3 Å². The summed E-state index contributed by atoms with van der Waals surface area (Å²) in [4.78, 5) is 15.2. The van der Waals surface area contributed by atoms with Gasteiger partial charge in [0.15, 0.2) is 0 Å². The first-order chi connectivity index (χ1) is 10.7. The molecule has 4 rings (SSSR count). The van der Waals surface area contributed by atoms with Crippen molar-refractivity contribution in [1.29, 1.82) is 0 Å². The van der Waals surface area contributed by atoms with Crippen molar-refractivity contribution in [3.63, 3.8) is 0 Å². The van der Waals surface area contributed by atoms with Crippen LogP contribution < -0.4 is 5.32 Å². The highest BCUT2D eigenvalue weighted by atomic mass is 15.2. The van der Waals surface area contributed by atoms with Gasteiger partial charge in [0.2, 0.25) is 0 Å². The van der Waals surface area contributed by atoms with Crippen molar-refractivity contribution in [1.82, 2.24) is 24.4 Å². The van der Waals surface area contributed by atoms with E-state index < -0.39 is 0 Å². The van der Waals surface area contributed by atoms with Crippen LogP contribution in [0.3, 0.4) is 0 Å². The highest BCUT2D eigenvalue weighted by molar-refractivity contribution is 5.34. The molecule has 2 aliphatic rings. The van der Waals surface area contributed by atoms with Crippen LogP contribution in [0.25, 0.3) is 0 Å².